The maximum absolute atomic E-state index is 13.2. The minimum atomic E-state index is -0.674. The second-order valence-electron chi connectivity index (χ2n) is 8.01. The number of methoxy groups -OCH3 is 1. The van der Waals surface area contributed by atoms with Gasteiger partial charge in [-0.1, -0.05) is 37.6 Å². The zero-order chi connectivity index (χ0) is 23.3. The summed E-state index contributed by atoms with van der Waals surface area (Å²) in [7, 11) is 1.36. The molecule has 0 spiro atoms. The second-order valence-corrected chi connectivity index (χ2v) is 8.45. The van der Waals surface area contributed by atoms with Gasteiger partial charge in [0.15, 0.2) is 5.76 Å². The maximum atomic E-state index is 13.2. The van der Waals surface area contributed by atoms with Crippen LogP contribution in [0.25, 0.3) is 0 Å². The minimum Gasteiger partial charge on any atom is -0.468 e. The highest BCUT2D eigenvalue weighted by Crippen LogP contribution is 2.25. The predicted octanol–water partition coefficient (Wildman–Crippen LogP) is 2.75. The van der Waals surface area contributed by atoms with Crippen molar-refractivity contribution < 1.29 is 23.5 Å². The van der Waals surface area contributed by atoms with Gasteiger partial charge in [0.05, 0.1) is 13.4 Å². The SMILES string of the molecule is COC(=O)C(c1ccc(Cl)cc1)N1CCN(C(=O)C(NC(=O)c2ccco2)C(C)C)CC1. The number of esters is 1. The van der Waals surface area contributed by atoms with E-state index in [-0.39, 0.29) is 23.6 Å². The Bertz CT molecular complexity index is 922. The van der Waals surface area contributed by atoms with Gasteiger partial charge in [0.1, 0.15) is 12.1 Å². The van der Waals surface area contributed by atoms with Crippen LogP contribution in [0, 0.1) is 5.92 Å². The Morgan fingerprint density at radius 1 is 1.06 bits per heavy atom. The van der Waals surface area contributed by atoms with E-state index in [1.165, 1.54) is 13.4 Å². The van der Waals surface area contributed by atoms with Gasteiger partial charge in [-0.25, -0.2) is 4.79 Å². The number of carbonyl (C=O) groups excluding carboxylic acids is 3. The van der Waals surface area contributed by atoms with Gasteiger partial charge < -0.3 is 19.4 Å². The lowest BCUT2D eigenvalue weighted by molar-refractivity contribution is -0.149. The Morgan fingerprint density at radius 3 is 2.25 bits per heavy atom. The van der Waals surface area contributed by atoms with E-state index in [0.29, 0.717) is 31.2 Å². The van der Waals surface area contributed by atoms with Crippen molar-refractivity contribution in [1.82, 2.24) is 15.1 Å². The Labute approximate surface area is 192 Å². The largest absolute Gasteiger partial charge is 0.468 e. The monoisotopic (exact) mass is 461 g/mol. The molecule has 172 valence electrons. The van der Waals surface area contributed by atoms with Gasteiger partial charge >= 0.3 is 5.97 Å². The number of hydrogen-bond donors (Lipinski definition) is 1. The average molecular weight is 462 g/mol. The normalized spacial score (nSPS) is 16.5. The summed E-state index contributed by atoms with van der Waals surface area (Å²) in [4.78, 5) is 41.8. The molecule has 2 atom stereocenters. The molecule has 1 aromatic heterocycles. The summed E-state index contributed by atoms with van der Waals surface area (Å²) >= 11 is 5.98. The molecule has 1 aromatic carbocycles. The van der Waals surface area contributed by atoms with E-state index in [1.54, 1.807) is 41.3 Å². The van der Waals surface area contributed by atoms with Crippen molar-refractivity contribution in [1.29, 1.82) is 0 Å². The van der Waals surface area contributed by atoms with Crippen LogP contribution in [-0.2, 0) is 14.3 Å². The summed E-state index contributed by atoms with van der Waals surface area (Å²) in [6.45, 7) is 5.61. The summed E-state index contributed by atoms with van der Waals surface area (Å²) in [5, 5.41) is 3.37. The molecule has 0 radical (unpaired) electrons. The highest BCUT2D eigenvalue weighted by molar-refractivity contribution is 6.30. The van der Waals surface area contributed by atoms with Crippen LogP contribution in [0.1, 0.15) is 36.0 Å². The Balaban J connectivity index is 1.67. The molecular formula is C23H28ClN3O5. The van der Waals surface area contributed by atoms with Crippen molar-refractivity contribution in [3.63, 3.8) is 0 Å². The van der Waals surface area contributed by atoms with Crippen molar-refractivity contribution in [2.45, 2.75) is 25.9 Å². The minimum absolute atomic E-state index is 0.101. The number of hydrogen-bond acceptors (Lipinski definition) is 6. The van der Waals surface area contributed by atoms with Crippen LogP contribution >= 0.6 is 11.6 Å². The van der Waals surface area contributed by atoms with E-state index in [4.69, 9.17) is 20.8 Å². The summed E-state index contributed by atoms with van der Waals surface area (Å²) < 4.78 is 10.2. The first-order valence-electron chi connectivity index (χ1n) is 10.5. The molecule has 3 rings (SSSR count). The molecule has 1 N–H and O–H groups in total. The summed E-state index contributed by atoms with van der Waals surface area (Å²) in [6, 6.07) is 9.02. The van der Waals surface area contributed by atoms with Crippen molar-refractivity contribution in [3.8, 4) is 0 Å². The number of nitrogens with zero attached hydrogens (tertiary/aromatic N) is 2. The van der Waals surface area contributed by atoms with Crippen molar-refractivity contribution in [2.24, 2.45) is 5.92 Å². The molecule has 2 heterocycles. The van der Waals surface area contributed by atoms with E-state index in [9.17, 15) is 14.4 Å². The number of amides is 2. The molecule has 0 saturated carbocycles. The Hall–Kier alpha value is -2.84. The third-order valence-corrected chi connectivity index (χ3v) is 5.82. The van der Waals surface area contributed by atoms with E-state index in [0.717, 1.165) is 5.56 Å². The first kappa shape index (κ1) is 23.8. The van der Waals surface area contributed by atoms with E-state index in [1.807, 2.05) is 18.7 Å². The van der Waals surface area contributed by atoms with Gasteiger partial charge in [-0.3, -0.25) is 14.5 Å². The van der Waals surface area contributed by atoms with E-state index < -0.39 is 18.0 Å². The lowest BCUT2D eigenvalue weighted by atomic mass is 10.0. The molecule has 32 heavy (non-hydrogen) atoms. The summed E-state index contributed by atoms with van der Waals surface area (Å²) in [5.41, 5.74) is 0.784. The molecule has 2 amide bonds. The molecule has 0 aliphatic carbocycles. The van der Waals surface area contributed by atoms with E-state index >= 15 is 0 Å². The summed E-state index contributed by atoms with van der Waals surface area (Å²) in [5.74, 6) is -0.874. The second kappa shape index (κ2) is 10.7. The highest BCUT2D eigenvalue weighted by Gasteiger charge is 2.35. The van der Waals surface area contributed by atoms with Crippen LogP contribution in [0.15, 0.2) is 47.1 Å². The molecule has 1 aliphatic rings. The average Bonchev–Trinajstić information content (AvgIpc) is 3.33. The van der Waals surface area contributed by atoms with Gasteiger partial charge in [0.25, 0.3) is 5.91 Å². The van der Waals surface area contributed by atoms with Crippen molar-refractivity contribution >= 4 is 29.4 Å². The zero-order valence-corrected chi connectivity index (χ0v) is 19.2. The number of rotatable bonds is 7. The fourth-order valence-electron chi connectivity index (χ4n) is 3.78. The molecule has 1 saturated heterocycles. The van der Waals surface area contributed by atoms with Gasteiger partial charge in [0.2, 0.25) is 5.91 Å². The van der Waals surface area contributed by atoms with Crippen LogP contribution in [0.5, 0.6) is 0 Å². The van der Waals surface area contributed by atoms with Crippen LogP contribution in [0.2, 0.25) is 5.02 Å². The zero-order valence-electron chi connectivity index (χ0n) is 18.4. The summed E-state index contributed by atoms with van der Waals surface area (Å²) in [6.07, 6.45) is 1.42. The topological polar surface area (TPSA) is 92.1 Å². The van der Waals surface area contributed by atoms with E-state index in [2.05, 4.69) is 5.32 Å². The van der Waals surface area contributed by atoms with Crippen LogP contribution in [-0.4, -0.2) is 66.9 Å². The number of halogens is 1. The number of piperazine rings is 1. The van der Waals surface area contributed by atoms with Crippen molar-refractivity contribution in [2.75, 3.05) is 33.3 Å². The molecule has 2 aromatic rings. The third-order valence-electron chi connectivity index (χ3n) is 5.57. The van der Waals surface area contributed by atoms with Crippen LogP contribution in [0.4, 0.5) is 0 Å². The number of carbonyl (C=O) groups is 3. The number of benzene rings is 1. The van der Waals surface area contributed by atoms with Crippen LogP contribution in [0.3, 0.4) is 0 Å². The van der Waals surface area contributed by atoms with Crippen molar-refractivity contribution in [3.05, 3.63) is 59.0 Å². The number of ether oxygens (including phenoxy) is 1. The highest BCUT2D eigenvalue weighted by atomic mass is 35.5. The fourth-order valence-corrected chi connectivity index (χ4v) is 3.91. The molecule has 2 unspecified atom stereocenters. The molecule has 1 fully saturated rings. The fraction of sp³-hybridized carbons (Fsp3) is 0.435. The lowest BCUT2D eigenvalue weighted by Gasteiger charge is -2.39. The standard InChI is InChI=1S/C23H28ClN3O5/c1-15(2)19(25-21(28)18-5-4-14-32-18)22(29)27-12-10-26(11-13-27)20(23(30)31-3)16-6-8-17(24)9-7-16/h4-9,14-15,19-20H,10-13H2,1-3H3,(H,25,28). The molecule has 9 heteroatoms. The van der Waals surface area contributed by atoms with Gasteiger partial charge in [-0.2, -0.15) is 0 Å². The predicted molar refractivity (Wildman–Crippen MR) is 119 cm³/mol. The first-order chi connectivity index (χ1) is 15.3. The maximum Gasteiger partial charge on any atom is 0.327 e. The smallest absolute Gasteiger partial charge is 0.327 e. The quantitative estimate of drug-likeness (QED) is 0.637. The molecule has 8 nitrogen and oxygen atoms in total. The first-order valence-corrected chi connectivity index (χ1v) is 10.9. The molecule has 0 bridgehead atoms. The molecule has 1 aliphatic heterocycles. The van der Waals surface area contributed by atoms with Gasteiger partial charge in [0, 0.05) is 31.2 Å². The number of nitrogens with one attached hydrogen (secondary N) is 1. The number of furan rings is 1. The lowest BCUT2D eigenvalue weighted by Crippen LogP contribution is -2.57. The Morgan fingerprint density at radius 2 is 1.72 bits per heavy atom. The molecular weight excluding hydrogens is 434 g/mol. The van der Waals surface area contributed by atoms with Gasteiger partial charge in [-0.05, 0) is 35.7 Å². The van der Waals surface area contributed by atoms with Crippen LogP contribution < -0.4 is 5.32 Å². The van der Waals surface area contributed by atoms with Gasteiger partial charge in [-0.15, -0.1) is 0 Å². The third kappa shape index (κ3) is 5.49. The Kier molecular flexibility index (Phi) is 7.93.